The molecular weight excluding hydrogens is 310 g/mol. The van der Waals surface area contributed by atoms with Crippen LogP contribution in [0.1, 0.15) is 22.8 Å². The molecule has 2 heterocycles. The zero-order valence-electron chi connectivity index (χ0n) is 12.7. The van der Waals surface area contributed by atoms with Crippen LogP contribution in [0.15, 0.2) is 61.2 Å². The van der Waals surface area contributed by atoms with Crippen molar-refractivity contribution in [2.45, 2.75) is 25.2 Å². The van der Waals surface area contributed by atoms with Gasteiger partial charge in [0.1, 0.15) is 24.4 Å². The molecule has 0 radical (unpaired) electrons. The van der Waals surface area contributed by atoms with Gasteiger partial charge >= 0.3 is 0 Å². The van der Waals surface area contributed by atoms with Crippen molar-refractivity contribution in [2.24, 2.45) is 0 Å². The number of halogens is 1. The van der Waals surface area contributed by atoms with Crippen LogP contribution in [0.3, 0.4) is 0 Å². The maximum absolute atomic E-state index is 6.37. The molecule has 4 rings (SSSR count). The maximum atomic E-state index is 6.37. The van der Waals surface area contributed by atoms with E-state index in [1.54, 1.807) is 11.0 Å². The summed E-state index contributed by atoms with van der Waals surface area (Å²) in [6.45, 7) is 2.68. The average Bonchev–Trinajstić information content (AvgIpc) is 3.02. The number of ether oxygens (including phenoxy) is 1. The number of aromatic nitrogens is 3. The average molecular weight is 326 g/mol. The number of hydrogen-bond acceptors (Lipinski definition) is 3. The molecule has 1 aliphatic heterocycles. The van der Waals surface area contributed by atoms with E-state index in [1.807, 2.05) is 24.3 Å². The Morgan fingerprint density at radius 3 is 2.65 bits per heavy atom. The van der Waals surface area contributed by atoms with E-state index in [2.05, 4.69) is 41.3 Å². The molecule has 2 unspecified atom stereocenters. The summed E-state index contributed by atoms with van der Waals surface area (Å²) in [5, 5.41) is 4.95. The second kappa shape index (κ2) is 5.48. The molecule has 3 aromatic rings. The number of nitrogens with zero attached hydrogens (tertiary/aromatic N) is 3. The predicted octanol–water partition coefficient (Wildman–Crippen LogP) is 3.91. The highest BCUT2D eigenvalue weighted by molar-refractivity contribution is 6.31. The van der Waals surface area contributed by atoms with Crippen LogP contribution in [0.25, 0.3) is 0 Å². The lowest BCUT2D eigenvalue weighted by Crippen LogP contribution is -2.19. The first-order valence-corrected chi connectivity index (χ1v) is 7.89. The van der Waals surface area contributed by atoms with E-state index in [9.17, 15) is 0 Å². The summed E-state index contributed by atoms with van der Waals surface area (Å²) in [7, 11) is 0. The van der Waals surface area contributed by atoms with Crippen LogP contribution in [-0.4, -0.2) is 14.8 Å². The van der Waals surface area contributed by atoms with Gasteiger partial charge in [-0.05, 0) is 18.6 Å². The zero-order valence-corrected chi connectivity index (χ0v) is 13.4. The second-order valence-electron chi connectivity index (χ2n) is 5.87. The van der Waals surface area contributed by atoms with Crippen molar-refractivity contribution in [3.8, 4) is 0 Å². The van der Waals surface area contributed by atoms with Crippen LogP contribution < -0.4 is 0 Å². The summed E-state index contributed by atoms with van der Waals surface area (Å²) in [5.74, 6) is 0. The third kappa shape index (κ3) is 2.54. The highest BCUT2D eigenvalue weighted by atomic mass is 35.5. The van der Waals surface area contributed by atoms with Gasteiger partial charge in [-0.3, -0.25) is 0 Å². The molecule has 0 spiro atoms. The van der Waals surface area contributed by atoms with Crippen LogP contribution in [0, 0.1) is 6.92 Å². The van der Waals surface area contributed by atoms with E-state index in [0.717, 1.165) is 16.1 Å². The summed E-state index contributed by atoms with van der Waals surface area (Å²) in [6.07, 6.45) is 3.17. The van der Waals surface area contributed by atoms with Gasteiger partial charge in [-0.15, -0.1) is 0 Å². The van der Waals surface area contributed by atoms with Crippen molar-refractivity contribution in [3.05, 3.63) is 82.9 Å². The van der Waals surface area contributed by atoms with E-state index >= 15 is 0 Å². The van der Waals surface area contributed by atoms with Crippen LogP contribution >= 0.6 is 11.6 Å². The van der Waals surface area contributed by atoms with Gasteiger partial charge in [0.15, 0.2) is 0 Å². The van der Waals surface area contributed by atoms with Crippen molar-refractivity contribution in [2.75, 3.05) is 0 Å². The minimum atomic E-state index is -0.452. The molecule has 1 saturated heterocycles. The molecule has 0 amide bonds. The van der Waals surface area contributed by atoms with Gasteiger partial charge in [-0.2, -0.15) is 5.10 Å². The molecule has 23 heavy (non-hydrogen) atoms. The fourth-order valence-electron chi connectivity index (χ4n) is 3.00. The zero-order chi connectivity index (χ0) is 15.9. The maximum Gasteiger partial charge on any atom is 0.144 e. The molecule has 1 aliphatic rings. The molecule has 2 atom stereocenters. The third-order valence-corrected chi connectivity index (χ3v) is 4.63. The molecule has 1 aromatic heterocycles. The predicted molar refractivity (Wildman–Crippen MR) is 88.2 cm³/mol. The van der Waals surface area contributed by atoms with E-state index < -0.39 is 5.60 Å². The number of rotatable bonds is 4. The largest absolute Gasteiger partial charge is 0.354 e. The summed E-state index contributed by atoms with van der Waals surface area (Å²) in [4.78, 5) is 4.03. The van der Waals surface area contributed by atoms with Crippen molar-refractivity contribution in [1.82, 2.24) is 14.8 Å². The van der Waals surface area contributed by atoms with Gasteiger partial charge in [0.25, 0.3) is 0 Å². The van der Waals surface area contributed by atoms with Crippen LogP contribution in [-0.2, 0) is 16.9 Å². The molecule has 116 valence electrons. The Labute approximate surface area is 139 Å². The monoisotopic (exact) mass is 325 g/mol. The molecule has 2 aromatic carbocycles. The Balaban J connectivity index is 1.74. The molecule has 0 bridgehead atoms. The van der Waals surface area contributed by atoms with Gasteiger partial charge in [0.05, 0.1) is 6.54 Å². The van der Waals surface area contributed by atoms with Gasteiger partial charge < -0.3 is 4.74 Å². The topological polar surface area (TPSA) is 43.2 Å². The molecule has 0 N–H and O–H groups in total. The quantitative estimate of drug-likeness (QED) is 0.683. The summed E-state index contributed by atoms with van der Waals surface area (Å²) >= 11 is 6.37. The molecular formula is C18H16ClN3O. The van der Waals surface area contributed by atoms with Crippen molar-refractivity contribution in [3.63, 3.8) is 0 Å². The fourth-order valence-corrected chi connectivity index (χ4v) is 3.24. The molecule has 0 saturated carbocycles. The summed E-state index contributed by atoms with van der Waals surface area (Å²) in [6, 6.07) is 16.3. The Kier molecular flexibility index (Phi) is 3.43. The van der Waals surface area contributed by atoms with Crippen molar-refractivity contribution < 1.29 is 4.74 Å². The first-order chi connectivity index (χ1) is 11.2. The number of benzene rings is 2. The fraction of sp³-hybridized carbons (Fsp3) is 0.222. The SMILES string of the molecule is Cc1ccc(C2(Cn3cncn3)OC2c2ccccc2Cl)cc1. The Morgan fingerprint density at radius 1 is 1.17 bits per heavy atom. The van der Waals surface area contributed by atoms with Crippen LogP contribution in [0.4, 0.5) is 0 Å². The van der Waals surface area contributed by atoms with Crippen molar-refractivity contribution in [1.29, 1.82) is 0 Å². The van der Waals surface area contributed by atoms with Gasteiger partial charge in [0, 0.05) is 10.6 Å². The Morgan fingerprint density at radius 2 is 1.96 bits per heavy atom. The lowest BCUT2D eigenvalue weighted by Gasteiger charge is -2.14. The Hall–Kier alpha value is -2.17. The van der Waals surface area contributed by atoms with E-state index in [1.165, 1.54) is 11.9 Å². The lowest BCUT2D eigenvalue weighted by molar-refractivity contribution is 0.262. The highest BCUT2D eigenvalue weighted by Gasteiger charge is 2.59. The van der Waals surface area contributed by atoms with Crippen molar-refractivity contribution >= 4 is 11.6 Å². The van der Waals surface area contributed by atoms with Gasteiger partial charge in [0.2, 0.25) is 0 Å². The number of epoxide rings is 1. The van der Waals surface area contributed by atoms with E-state index in [-0.39, 0.29) is 6.10 Å². The summed E-state index contributed by atoms with van der Waals surface area (Å²) < 4.78 is 8.00. The smallest absolute Gasteiger partial charge is 0.144 e. The molecule has 5 heteroatoms. The summed E-state index contributed by atoms with van der Waals surface area (Å²) in [5.41, 5.74) is 2.91. The van der Waals surface area contributed by atoms with Gasteiger partial charge in [-0.25, -0.2) is 9.67 Å². The van der Waals surface area contributed by atoms with Crippen LogP contribution in [0.5, 0.6) is 0 Å². The minimum absolute atomic E-state index is 0.0805. The molecule has 4 nitrogen and oxygen atoms in total. The minimum Gasteiger partial charge on any atom is -0.354 e. The first-order valence-electron chi connectivity index (χ1n) is 7.51. The molecule has 1 fully saturated rings. The highest BCUT2D eigenvalue weighted by Crippen LogP contribution is 2.59. The van der Waals surface area contributed by atoms with E-state index in [4.69, 9.17) is 16.3 Å². The van der Waals surface area contributed by atoms with Crippen LogP contribution in [0.2, 0.25) is 5.02 Å². The Bertz CT molecular complexity index is 817. The van der Waals surface area contributed by atoms with Gasteiger partial charge in [-0.1, -0.05) is 59.6 Å². The van der Waals surface area contributed by atoms with E-state index in [0.29, 0.717) is 6.54 Å². The number of hydrogen-bond donors (Lipinski definition) is 0. The third-order valence-electron chi connectivity index (χ3n) is 4.29. The molecule has 0 aliphatic carbocycles. The second-order valence-corrected chi connectivity index (χ2v) is 6.28. The number of aryl methyl sites for hydroxylation is 1. The normalized spacial score (nSPS) is 23.0. The lowest BCUT2D eigenvalue weighted by atomic mass is 9.91. The standard InChI is InChI=1S/C18H16ClN3O/c1-13-6-8-14(9-7-13)18(10-22-12-20-11-21-22)17(23-18)15-4-2-3-5-16(15)19/h2-9,11-12,17H,10H2,1H3. The first kappa shape index (κ1) is 14.4.